The van der Waals surface area contributed by atoms with Gasteiger partial charge in [0.05, 0.1) is 18.9 Å². The topological polar surface area (TPSA) is 101 Å². The van der Waals surface area contributed by atoms with Crippen LogP contribution >= 0.6 is 0 Å². The van der Waals surface area contributed by atoms with Gasteiger partial charge >= 0.3 is 6.18 Å². The van der Waals surface area contributed by atoms with Crippen LogP contribution in [0.4, 0.5) is 27.6 Å². The summed E-state index contributed by atoms with van der Waals surface area (Å²) in [6.45, 7) is 3.31. The van der Waals surface area contributed by atoms with E-state index >= 15 is 0 Å². The lowest BCUT2D eigenvalue weighted by atomic mass is 9.77. The highest BCUT2D eigenvalue weighted by Gasteiger charge is 2.65. The van der Waals surface area contributed by atoms with Crippen molar-refractivity contribution in [3.8, 4) is 5.75 Å². The maximum Gasteiger partial charge on any atom is 0.417 e. The molecule has 1 aromatic heterocycles. The van der Waals surface area contributed by atoms with Crippen LogP contribution in [0.15, 0.2) is 30.5 Å². The molecule has 1 amide bonds. The molecule has 3 N–H and O–H groups in total. The number of alkyl halides is 3. The normalized spacial score (nSPS) is 26.3. The average molecular weight is 504 g/mol. The SMILES string of the molecule is COc1c([C@H]2[C@H](C(=O)Nc3ccnc([C@@H](O)[C@@H](C)O)c3)O[C@@](C)(C(F)(F)F)[C@H]2C)ccc(F)c1F. The molecule has 192 valence electrons. The number of nitrogens with zero attached hydrogens (tertiary/aromatic N) is 1. The molecule has 6 atom stereocenters. The molecule has 3 rings (SSSR count). The van der Waals surface area contributed by atoms with Gasteiger partial charge in [-0.1, -0.05) is 13.0 Å². The molecule has 1 aromatic carbocycles. The maximum atomic E-state index is 14.4. The molecule has 0 saturated carbocycles. The first kappa shape index (κ1) is 26.8. The summed E-state index contributed by atoms with van der Waals surface area (Å²) in [5.41, 5.74) is -2.88. The Kier molecular flexibility index (Phi) is 7.39. The molecule has 0 unspecified atom stereocenters. The third-order valence-corrected chi connectivity index (χ3v) is 6.38. The number of hydrogen-bond acceptors (Lipinski definition) is 6. The molecule has 35 heavy (non-hydrogen) atoms. The van der Waals surface area contributed by atoms with Crippen LogP contribution in [-0.4, -0.2) is 52.2 Å². The molecule has 7 nitrogen and oxygen atoms in total. The first-order valence-corrected chi connectivity index (χ1v) is 10.6. The Morgan fingerprint density at radius 1 is 1.26 bits per heavy atom. The summed E-state index contributed by atoms with van der Waals surface area (Å²) in [7, 11) is 1.03. The second kappa shape index (κ2) is 9.67. The Balaban J connectivity index is 2.04. The molecule has 2 heterocycles. The molecule has 1 aliphatic heterocycles. The van der Waals surface area contributed by atoms with Crippen LogP contribution in [0.3, 0.4) is 0 Å². The Labute approximate surface area is 197 Å². The lowest BCUT2D eigenvalue weighted by molar-refractivity contribution is -0.272. The van der Waals surface area contributed by atoms with Gasteiger partial charge in [0.2, 0.25) is 5.82 Å². The monoisotopic (exact) mass is 504 g/mol. The molecule has 1 fully saturated rings. The van der Waals surface area contributed by atoms with Crippen molar-refractivity contribution in [3.05, 3.63) is 53.4 Å². The van der Waals surface area contributed by atoms with Crippen LogP contribution in [0, 0.1) is 17.6 Å². The van der Waals surface area contributed by atoms with E-state index < -0.39 is 65.2 Å². The van der Waals surface area contributed by atoms with E-state index in [1.807, 2.05) is 0 Å². The molecule has 0 bridgehead atoms. The first-order valence-electron chi connectivity index (χ1n) is 10.6. The molecule has 12 heteroatoms. The standard InChI is InChI=1S/C23H25F5N2O5/c1-10-16(13-5-6-14(24)17(25)19(13)34-4)20(35-22(10,3)23(26,27)28)21(33)30-12-7-8-29-15(9-12)18(32)11(2)31/h5-11,16,18,20,31-32H,1-4H3,(H,29,30,33)/t10-,11+,16-,18-,20+,22+/m0/s1. The van der Waals surface area contributed by atoms with Gasteiger partial charge in [-0.2, -0.15) is 17.6 Å². The summed E-state index contributed by atoms with van der Waals surface area (Å²) in [6, 6.07) is 4.37. The average Bonchev–Trinajstić information content (AvgIpc) is 3.07. The zero-order chi connectivity index (χ0) is 26.3. The Bertz CT molecular complexity index is 1100. The Morgan fingerprint density at radius 3 is 2.49 bits per heavy atom. The number of carbonyl (C=O) groups is 1. The number of rotatable bonds is 6. The van der Waals surface area contributed by atoms with Gasteiger partial charge < -0.3 is 25.0 Å². The van der Waals surface area contributed by atoms with E-state index in [1.165, 1.54) is 32.2 Å². The molecular formula is C23H25F5N2O5. The van der Waals surface area contributed by atoms with Crippen LogP contribution in [0.25, 0.3) is 0 Å². The van der Waals surface area contributed by atoms with Crippen molar-refractivity contribution in [3.63, 3.8) is 0 Å². The predicted molar refractivity (Wildman–Crippen MR) is 114 cm³/mol. The molecule has 0 spiro atoms. The number of ether oxygens (including phenoxy) is 2. The van der Waals surface area contributed by atoms with Crippen LogP contribution in [0.1, 0.15) is 44.1 Å². The number of amides is 1. The number of aliphatic hydroxyl groups is 2. The van der Waals surface area contributed by atoms with Crippen LogP contribution in [0.5, 0.6) is 5.75 Å². The fraction of sp³-hybridized carbons (Fsp3) is 0.478. The minimum atomic E-state index is -4.89. The van der Waals surface area contributed by atoms with E-state index in [1.54, 1.807) is 0 Å². The smallest absolute Gasteiger partial charge is 0.417 e. The van der Waals surface area contributed by atoms with Gasteiger partial charge in [0.1, 0.15) is 12.2 Å². The van der Waals surface area contributed by atoms with Crippen molar-refractivity contribution < 1.29 is 46.4 Å². The lowest BCUT2D eigenvalue weighted by Gasteiger charge is -2.32. The predicted octanol–water partition coefficient (Wildman–Crippen LogP) is 3.86. The van der Waals surface area contributed by atoms with Gasteiger partial charge in [-0.15, -0.1) is 0 Å². The minimum Gasteiger partial charge on any atom is -0.493 e. The number of nitrogens with one attached hydrogen (secondary N) is 1. The second-order valence-corrected chi connectivity index (χ2v) is 8.59. The van der Waals surface area contributed by atoms with Gasteiger partial charge in [0.25, 0.3) is 5.91 Å². The second-order valence-electron chi connectivity index (χ2n) is 8.59. The summed E-state index contributed by atoms with van der Waals surface area (Å²) in [4.78, 5) is 17.1. The van der Waals surface area contributed by atoms with E-state index in [9.17, 15) is 37.0 Å². The van der Waals surface area contributed by atoms with Gasteiger partial charge in [0.15, 0.2) is 17.2 Å². The number of aromatic nitrogens is 1. The van der Waals surface area contributed by atoms with Gasteiger partial charge in [-0.3, -0.25) is 9.78 Å². The number of halogens is 5. The van der Waals surface area contributed by atoms with Crippen LogP contribution < -0.4 is 10.1 Å². The summed E-state index contributed by atoms with van der Waals surface area (Å²) in [5.74, 6) is -7.05. The minimum absolute atomic E-state index is 0.0115. The lowest BCUT2D eigenvalue weighted by Crippen LogP contribution is -2.47. The quantitative estimate of drug-likeness (QED) is 0.517. The van der Waals surface area contributed by atoms with E-state index in [-0.39, 0.29) is 16.9 Å². The zero-order valence-corrected chi connectivity index (χ0v) is 19.2. The van der Waals surface area contributed by atoms with Crippen molar-refractivity contribution in [1.29, 1.82) is 0 Å². The fourth-order valence-corrected chi connectivity index (χ4v) is 4.19. The molecule has 2 aromatic rings. The van der Waals surface area contributed by atoms with Crippen molar-refractivity contribution in [2.75, 3.05) is 12.4 Å². The number of anilines is 1. The number of benzene rings is 1. The highest BCUT2D eigenvalue weighted by atomic mass is 19.4. The van der Waals surface area contributed by atoms with Gasteiger partial charge in [-0.25, -0.2) is 4.39 Å². The number of methoxy groups -OCH3 is 1. The molecular weight excluding hydrogens is 479 g/mol. The maximum absolute atomic E-state index is 14.4. The summed E-state index contributed by atoms with van der Waals surface area (Å²) < 4.78 is 80.5. The largest absolute Gasteiger partial charge is 0.493 e. The molecule has 1 saturated heterocycles. The Hall–Kier alpha value is -2.83. The third-order valence-electron chi connectivity index (χ3n) is 6.38. The van der Waals surface area contributed by atoms with Crippen molar-refractivity contribution in [1.82, 2.24) is 4.98 Å². The van der Waals surface area contributed by atoms with E-state index in [0.717, 1.165) is 26.2 Å². The highest BCUT2D eigenvalue weighted by molar-refractivity contribution is 5.95. The van der Waals surface area contributed by atoms with Crippen LogP contribution in [-0.2, 0) is 9.53 Å². The van der Waals surface area contributed by atoms with Crippen LogP contribution in [0.2, 0.25) is 0 Å². The summed E-state index contributed by atoms with van der Waals surface area (Å²) in [5, 5.41) is 22.0. The number of hydrogen-bond donors (Lipinski definition) is 3. The van der Waals surface area contributed by atoms with Crippen molar-refractivity contribution >= 4 is 11.6 Å². The number of pyridine rings is 1. The number of aliphatic hydroxyl groups excluding tert-OH is 2. The highest BCUT2D eigenvalue weighted by Crippen LogP contribution is 2.55. The number of carbonyl (C=O) groups excluding carboxylic acids is 1. The van der Waals surface area contributed by atoms with Crippen molar-refractivity contribution in [2.24, 2.45) is 5.92 Å². The fourth-order valence-electron chi connectivity index (χ4n) is 4.19. The first-order chi connectivity index (χ1) is 16.2. The summed E-state index contributed by atoms with van der Waals surface area (Å²) >= 11 is 0. The van der Waals surface area contributed by atoms with E-state index in [4.69, 9.17) is 9.47 Å². The zero-order valence-electron chi connectivity index (χ0n) is 19.2. The molecule has 1 aliphatic rings. The summed E-state index contributed by atoms with van der Waals surface area (Å²) in [6.07, 6.45) is -7.98. The van der Waals surface area contributed by atoms with E-state index in [2.05, 4.69) is 10.3 Å². The van der Waals surface area contributed by atoms with Crippen molar-refractivity contribution in [2.45, 2.75) is 56.8 Å². The molecule has 0 aliphatic carbocycles. The Morgan fingerprint density at radius 2 is 1.91 bits per heavy atom. The third kappa shape index (κ3) is 4.82. The van der Waals surface area contributed by atoms with Gasteiger partial charge in [-0.05, 0) is 32.0 Å². The van der Waals surface area contributed by atoms with E-state index in [0.29, 0.717) is 0 Å². The van der Waals surface area contributed by atoms with Gasteiger partial charge in [0, 0.05) is 29.3 Å². The molecule has 0 radical (unpaired) electrons.